The van der Waals surface area contributed by atoms with Crippen molar-refractivity contribution in [3.63, 3.8) is 0 Å². The number of nitrogens with zero attached hydrogens (tertiary/aromatic N) is 2. The molecule has 1 atom stereocenters. The predicted octanol–water partition coefficient (Wildman–Crippen LogP) is 3.30. The first-order valence-corrected chi connectivity index (χ1v) is 10.7. The van der Waals surface area contributed by atoms with Gasteiger partial charge in [0.15, 0.2) is 6.10 Å². The molecular formula is C21H25N3O4S. The van der Waals surface area contributed by atoms with Crippen LogP contribution in [0.2, 0.25) is 0 Å². The lowest BCUT2D eigenvalue weighted by atomic mass is 10.2. The Balaban J connectivity index is 2.17. The van der Waals surface area contributed by atoms with Crippen LogP contribution < -0.4 is 10.1 Å². The summed E-state index contributed by atoms with van der Waals surface area (Å²) in [6, 6.07) is 13.2. The quantitative estimate of drug-likeness (QED) is 0.713. The van der Waals surface area contributed by atoms with Gasteiger partial charge in [-0.05, 0) is 55.8 Å². The standard InChI is InChI=1S/C21H25N3O4S/c1-5-24(6-2)29(26,27)20-13-18(10-7-15(20)3)23-21(25)16(4)28-19-11-8-17(14-22)9-12-19/h7-13,16H,5-6H2,1-4H3,(H,23,25)/t16-/m1/s1. The molecule has 2 rings (SSSR count). The molecule has 2 aromatic rings. The molecule has 0 aliphatic heterocycles. The van der Waals surface area contributed by atoms with E-state index in [1.165, 1.54) is 10.4 Å². The number of nitrogens with one attached hydrogen (secondary N) is 1. The summed E-state index contributed by atoms with van der Waals surface area (Å²) in [6.45, 7) is 7.61. The van der Waals surface area contributed by atoms with Crippen LogP contribution in [0.3, 0.4) is 0 Å². The Bertz CT molecular complexity index is 1010. The van der Waals surface area contributed by atoms with E-state index in [1.807, 2.05) is 6.07 Å². The van der Waals surface area contributed by atoms with E-state index in [-0.39, 0.29) is 4.90 Å². The number of rotatable bonds is 8. The van der Waals surface area contributed by atoms with E-state index in [0.29, 0.717) is 35.7 Å². The van der Waals surface area contributed by atoms with Crippen LogP contribution in [0, 0.1) is 18.3 Å². The first-order chi connectivity index (χ1) is 13.7. The Morgan fingerprint density at radius 3 is 2.34 bits per heavy atom. The largest absolute Gasteiger partial charge is 0.481 e. The van der Waals surface area contributed by atoms with Crippen LogP contribution in [0.5, 0.6) is 5.75 Å². The molecule has 0 unspecified atom stereocenters. The maximum atomic E-state index is 12.8. The summed E-state index contributed by atoms with van der Waals surface area (Å²) in [7, 11) is -3.64. The van der Waals surface area contributed by atoms with E-state index in [1.54, 1.807) is 64.1 Å². The average Bonchev–Trinajstić information content (AvgIpc) is 2.70. The zero-order chi connectivity index (χ0) is 21.6. The number of aryl methyl sites for hydroxylation is 1. The van der Waals surface area contributed by atoms with Crippen LogP contribution in [0.1, 0.15) is 31.9 Å². The fraction of sp³-hybridized carbons (Fsp3) is 0.333. The smallest absolute Gasteiger partial charge is 0.265 e. The molecule has 0 aliphatic rings. The fourth-order valence-corrected chi connectivity index (χ4v) is 4.48. The molecular weight excluding hydrogens is 390 g/mol. The summed E-state index contributed by atoms with van der Waals surface area (Å²) < 4.78 is 32.7. The third-order valence-electron chi connectivity index (χ3n) is 4.44. The number of hydrogen-bond donors (Lipinski definition) is 1. The number of anilines is 1. The number of sulfonamides is 1. The van der Waals surface area contributed by atoms with Gasteiger partial charge in [-0.15, -0.1) is 0 Å². The third kappa shape index (κ3) is 5.34. The second kappa shape index (κ2) is 9.54. The van der Waals surface area contributed by atoms with Crippen molar-refractivity contribution in [3.05, 3.63) is 53.6 Å². The minimum atomic E-state index is -3.64. The van der Waals surface area contributed by atoms with Crippen LogP contribution >= 0.6 is 0 Å². The molecule has 2 aromatic carbocycles. The molecule has 7 nitrogen and oxygen atoms in total. The topological polar surface area (TPSA) is 99.5 Å². The number of hydrogen-bond acceptors (Lipinski definition) is 5. The maximum Gasteiger partial charge on any atom is 0.265 e. The SMILES string of the molecule is CCN(CC)S(=O)(=O)c1cc(NC(=O)[C@@H](C)Oc2ccc(C#N)cc2)ccc1C. The highest BCUT2D eigenvalue weighted by Gasteiger charge is 2.24. The molecule has 154 valence electrons. The summed E-state index contributed by atoms with van der Waals surface area (Å²) in [4.78, 5) is 12.7. The highest BCUT2D eigenvalue weighted by molar-refractivity contribution is 7.89. The number of carbonyl (C=O) groups is 1. The molecule has 0 heterocycles. The monoisotopic (exact) mass is 415 g/mol. The first-order valence-electron chi connectivity index (χ1n) is 9.31. The third-order valence-corrected chi connectivity index (χ3v) is 6.64. The zero-order valence-corrected chi connectivity index (χ0v) is 17.8. The van der Waals surface area contributed by atoms with Crippen LogP contribution in [0.25, 0.3) is 0 Å². The fourth-order valence-electron chi connectivity index (χ4n) is 2.77. The minimum absolute atomic E-state index is 0.166. The molecule has 8 heteroatoms. The Labute approximate surface area is 172 Å². The van der Waals surface area contributed by atoms with E-state index >= 15 is 0 Å². The Hall–Kier alpha value is -2.89. The molecule has 1 amide bonds. The highest BCUT2D eigenvalue weighted by Crippen LogP contribution is 2.24. The van der Waals surface area contributed by atoms with Gasteiger partial charge in [-0.25, -0.2) is 8.42 Å². The van der Waals surface area contributed by atoms with E-state index in [4.69, 9.17) is 10.00 Å². The van der Waals surface area contributed by atoms with Crippen molar-refractivity contribution in [3.8, 4) is 11.8 Å². The van der Waals surface area contributed by atoms with Crippen LogP contribution in [-0.4, -0.2) is 37.8 Å². The normalized spacial score (nSPS) is 12.3. The Morgan fingerprint density at radius 2 is 1.79 bits per heavy atom. The van der Waals surface area contributed by atoms with Gasteiger partial charge in [0, 0.05) is 18.8 Å². The number of ether oxygens (including phenoxy) is 1. The molecule has 0 saturated carbocycles. The van der Waals surface area contributed by atoms with Gasteiger partial charge < -0.3 is 10.1 Å². The number of amides is 1. The van der Waals surface area contributed by atoms with E-state index in [9.17, 15) is 13.2 Å². The van der Waals surface area contributed by atoms with Crippen molar-refractivity contribution in [2.24, 2.45) is 0 Å². The average molecular weight is 416 g/mol. The lowest BCUT2D eigenvalue weighted by Crippen LogP contribution is -2.32. The number of carbonyl (C=O) groups excluding carboxylic acids is 1. The van der Waals surface area contributed by atoms with Crippen molar-refractivity contribution in [1.29, 1.82) is 5.26 Å². The molecule has 0 saturated heterocycles. The molecule has 0 aliphatic carbocycles. The van der Waals surface area contributed by atoms with Crippen molar-refractivity contribution >= 4 is 21.6 Å². The van der Waals surface area contributed by atoms with E-state index in [0.717, 1.165) is 0 Å². The predicted molar refractivity (Wildman–Crippen MR) is 111 cm³/mol. The van der Waals surface area contributed by atoms with Crippen molar-refractivity contribution in [1.82, 2.24) is 4.31 Å². The van der Waals surface area contributed by atoms with Gasteiger partial charge in [0.2, 0.25) is 10.0 Å². The van der Waals surface area contributed by atoms with Gasteiger partial charge in [-0.1, -0.05) is 19.9 Å². The molecule has 0 aromatic heterocycles. The van der Waals surface area contributed by atoms with Crippen LogP contribution in [0.15, 0.2) is 47.4 Å². The molecule has 1 N–H and O–H groups in total. The van der Waals surface area contributed by atoms with Crippen molar-refractivity contribution in [2.45, 2.75) is 38.7 Å². The van der Waals surface area contributed by atoms with Crippen LogP contribution in [-0.2, 0) is 14.8 Å². The molecule has 29 heavy (non-hydrogen) atoms. The maximum absolute atomic E-state index is 12.8. The molecule has 0 spiro atoms. The number of benzene rings is 2. The van der Waals surface area contributed by atoms with E-state index < -0.39 is 22.0 Å². The lowest BCUT2D eigenvalue weighted by Gasteiger charge is -2.20. The van der Waals surface area contributed by atoms with Crippen LogP contribution in [0.4, 0.5) is 5.69 Å². The van der Waals surface area contributed by atoms with Gasteiger partial charge in [-0.3, -0.25) is 4.79 Å². The second-order valence-corrected chi connectivity index (χ2v) is 8.36. The van der Waals surface area contributed by atoms with E-state index in [2.05, 4.69) is 5.32 Å². The molecule has 0 radical (unpaired) electrons. The number of nitriles is 1. The second-order valence-electron chi connectivity index (χ2n) is 6.46. The Kier molecular flexibility index (Phi) is 7.37. The highest BCUT2D eigenvalue weighted by atomic mass is 32.2. The van der Waals surface area contributed by atoms with Gasteiger partial charge in [0.05, 0.1) is 16.5 Å². The minimum Gasteiger partial charge on any atom is -0.481 e. The van der Waals surface area contributed by atoms with Gasteiger partial charge >= 0.3 is 0 Å². The summed E-state index contributed by atoms with van der Waals surface area (Å²) in [5.41, 5.74) is 1.48. The Morgan fingerprint density at radius 1 is 1.17 bits per heavy atom. The first kappa shape index (κ1) is 22.4. The summed E-state index contributed by atoms with van der Waals surface area (Å²) >= 11 is 0. The van der Waals surface area contributed by atoms with Gasteiger partial charge in [-0.2, -0.15) is 9.57 Å². The van der Waals surface area contributed by atoms with Crippen molar-refractivity contribution in [2.75, 3.05) is 18.4 Å². The van der Waals surface area contributed by atoms with Gasteiger partial charge in [0.25, 0.3) is 5.91 Å². The molecule has 0 fully saturated rings. The summed E-state index contributed by atoms with van der Waals surface area (Å²) in [6.07, 6.45) is -0.813. The molecule has 0 bridgehead atoms. The zero-order valence-electron chi connectivity index (χ0n) is 17.0. The van der Waals surface area contributed by atoms with Crippen molar-refractivity contribution < 1.29 is 17.9 Å². The summed E-state index contributed by atoms with van der Waals surface area (Å²) in [5.74, 6) is 0.0461. The van der Waals surface area contributed by atoms with Gasteiger partial charge in [0.1, 0.15) is 5.75 Å². The summed E-state index contributed by atoms with van der Waals surface area (Å²) in [5, 5.41) is 11.5. The lowest BCUT2D eigenvalue weighted by molar-refractivity contribution is -0.122.